The molecular weight excluding hydrogens is 347 g/mol. The van der Waals surface area contributed by atoms with Crippen molar-refractivity contribution in [3.8, 4) is 5.75 Å². The maximum Gasteiger partial charge on any atom is 0.416 e. The number of hydrogen-bond acceptors (Lipinski definition) is 3. The molecule has 0 saturated carbocycles. The van der Waals surface area contributed by atoms with Gasteiger partial charge in [-0.1, -0.05) is 18.2 Å². The molecule has 0 saturated heterocycles. The lowest BCUT2D eigenvalue weighted by molar-refractivity contribution is -0.152. The highest BCUT2D eigenvalue weighted by atomic mass is 19.4. The van der Waals surface area contributed by atoms with Crippen LogP contribution in [-0.4, -0.2) is 23.2 Å². The van der Waals surface area contributed by atoms with Gasteiger partial charge in [0, 0.05) is 18.3 Å². The maximum atomic E-state index is 12.5. The predicted octanol–water partition coefficient (Wildman–Crippen LogP) is 4.60. The van der Waals surface area contributed by atoms with Gasteiger partial charge in [0.25, 0.3) is 0 Å². The molecule has 0 fully saturated rings. The Balaban J connectivity index is 1.92. The van der Waals surface area contributed by atoms with Crippen LogP contribution in [0.5, 0.6) is 5.75 Å². The Bertz CT molecular complexity index is 755. The summed E-state index contributed by atoms with van der Waals surface area (Å²) in [6.07, 6.45) is -3.79. The molecule has 0 unspecified atom stereocenters. The van der Waals surface area contributed by atoms with Gasteiger partial charge >= 0.3 is 12.1 Å². The van der Waals surface area contributed by atoms with Gasteiger partial charge < -0.3 is 15.2 Å². The summed E-state index contributed by atoms with van der Waals surface area (Å²) in [5.41, 5.74) is -0.501. The van der Waals surface area contributed by atoms with E-state index in [1.54, 1.807) is 24.3 Å². The first-order valence-corrected chi connectivity index (χ1v) is 8.00. The van der Waals surface area contributed by atoms with Crippen molar-refractivity contribution in [2.24, 2.45) is 0 Å². The van der Waals surface area contributed by atoms with E-state index in [9.17, 15) is 18.0 Å². The lowest BCUT2D eigenvalue weighted by atomic mass is 10.1. The molecule has 0 radical (unpaired) electrons. The van der Waals surface area contributed by atoms with Crippen molar-refractivity contribution < 1.29 is 27.8 Å². The Hall–Kier alpha value is -2.70. The summed E-state index contributed by atoms with van der Waals surface area (Å²) < 4.78 is 43.1. The third-order valence-corrected chi connectivity index (χ3v) is 3.75. The number of hydrogen-bond donors (Lipinski definition) is 2. The summed E-state index contributed by atoms with van der Waals surface area (Å²) in [6, 6.07) is 11.9. The number of alkyl halides is 3. The van der Waals surface area contributed by atoms with Crippen molar-refractivity contribution in [1.82, 2.24) is 0 Å². The van der Waals surface area contributed by atoms with Gasteiger partial charge in [0.15, 0.2) is 5.60 Å². The molecule has 0 spiro atoms. The van der Waals surface area contributed by atoms with E-state index in [2.05, 4.69) is 5.32 Å². The van der Waals surface area contributed by atoms with Crippen LogP contribution in [0.4, 0.5) is 18.9 Å². The summed E-state index contributed by atoms with van der Waals surface area (Å²) in [6.45, 7) is 3.43. The number of carbonyl (C=O) groups is 1. The van der Waals surface area contributed by atoms with Gasteiger partial charge in [-0.25, -0.2) is 4.79 Å². The Morgan fingerprint density at radius 1 is 1.12 bits per heavy atom. The first-order valence-electron chi connectivity index (χ1n) is 8.00. The molecular formula is C19H20F3NO3. The van der Waals surface area contributed by atoms with Gasteiger partial charge in [-0.3, -0.25) is 0 Å². The Morgan fingerprint density at radius 2 is 1.77 bits per heavy atom. The van der Waals surface area contributed by atoms with Crippen molar-refractivity contribution in [2.45, 2.75) is 32.0 Å². The maximum absolute atomic E-state index is 12.5. The Morgan fingerprint density at radius 3 is 2.35 bits per heavy atom. The van der Waals surface area contributed by atoms with E-state index in [1.807, 2.05) is 0 Å². The molecule has 2 rings (SSSR count). The molecule has 140 valence electrons. The fourth-order valence-corrected chi connectivity index (χ4v) is 2.22. The number of carboxylic acid groups (broad SMARTS) is 1. The molecule has 0 amide bonds. The molecule has 0 aliphatic rings. The van der Waals surface area contributed by atoms with E-state index >= 15 is 0 Å². The van der Waals surface area contributed by atoms with E-state index in [4.69, 9.17) is 9.84 Å². The third kappa shape index (κ3) is 5.40. The summed E-state index contributed by atoms with van der Waals surface area (Å²) in [7, 11) is 0. The first kappa shape index (κ1) is 19.6. The van der Waals surface area contributed by atoms with Gasteiger partial charge in [-0.05, 0) is 50.1 Å². The number of nitrogens with one attached hydrogen (secondary N) is 1. The van der Waals surface area contributed by atoms with Gasteiger partial charge in [0.2, 0.25) is 0 Å². The second-order valence-electron chi connectivity index (χ2n) is 6.32. The van der Waals surface area contributed by atoms with Gasteiger partial charge in [-0.2, -0.15) is 13.2 Å². The fourth-order valence-electron chi connectivity index (χ4n) is 2.22. The normalized spacial score (nSPS) is 11.9. The van der Waals surface area contributed by atoms with Crippen LogP contribution >= 0.6 is 0 Å². The summed E-state index contributed by atoms with van der Waals surface area (Å²) >= 11 is 0. The topological polar surface area (TPSA) is 58.6 Å². The highest BCUT2D eigenvalue weighted by molar-refractivity contribution is 5.76. The van der Waals surface area contributed by atoms with Crippen LogP contribution in [0.2, 0.25) is 0 Å². The minimum atomic E-state index is -4.33. The zero-order valence-corrected chi connectivity index (χ0v) is 14.4. The minimum Gasteiger partial charge on any atom is -0.478 e. The second-order valence-corrected chi connectivity index (χ2v) is 6.32. The number of benzene rings is 2. The zero-order valence-electron chi connectivity index (χ0n) is 14.4. The molecule has 0 atom stereocenters. The van der Waals surface area contributed by atoms with Crippen molar-refractivity contribution in [3.05, 3.63) is 59.7 Å². The van der Waals surface area contributed by atoms with Crippen LogP contribution in [0.1, 0.15) is 25.0 Å². The van der Waals surface area contributed by atoms with E-state index in [0.29, 0.717) is 18.7 Å². The average molecular weight is 367 g/mol. The standard InChI is InChI=1S/C19H20F3NO3/c1-18(2,17(24)25)26-16-5-3-4-15(12-16)23-11-10-13-6-8-14(9-7-13)19(20,21)22/h3-9,12,23H,10-11H2,1-2H3,(H,24,25). The molecule has 4 nitrogen and oxygen atoms in total. The first-order chi connectivity index (χ1) is 12.1. The quantitative estimate of drug-likeness (QED) is 0.751. The number of halogens is 3. The lowest BCUT2D eigenvalue weighted by Crippen LogP contribution is -2.37. The minimum absolute atomic E-state index is 0.414. The third-order valence-electron chi connectivity index (χ3n) is 3.75. The molecule has 7 heteroatoms. The number of aliphatic carboxylic acids is 1. The van der Waals surface area contributed by atoms with Crippen LogP contribution in [0.3, 0.4) is 0 Å². The molecule has 2 N–H and O–H groups in total. The predicted molar refractivity (Wildman–Crippen MR) is 92.4 cm³/mol. The van der Waals surface area contributed by atoms with Crippen LogP contribution in [0.25, 0.3) is 0 Å². The number of rotatable bonds is 7. The Labute approximate surface area is 149 Å². The van der Waals surface area contributed by atoms with E-state index in [1.165, 1.54) is 26.0 Å². The molecule has 0 heterocycles. The van der Waals surface area contributed by atoms with Crippen LogP contribution in [-0.2, 0) is 17.4 Å². The number of anilines is 1. The van der Waals surface area contributed by atoms with Crippen molar-refractivity contribution in [2.75, 3.05) is 11.9 Å². The lowest BCUT2D eigenvalue weighted by Gasteiger charge is -2.21. The number of ether oxygens (including phenoxy) is 1. The fraction of sp³-hybridized carbons (Fsp3) is 0.316. The van der Waals surface area contributed by atoms with Crippen LogP contribution in [0, 0.1) is 0 Å². The molecule has 2 aromatic rings. The van der Waals surface area contributed by atoms with Crippen molar-refractivity contribution in [1.29, 1.82) is 0 Å². The molecule has 0 bridgehead atoms. The van der Waals surface area contributed by atoms with E-state index < -0.39 is 23.3 Å². The van der Waals surface area contributed by atoms with Crippen LogP contribution < -0.4 is 10.1 Å². The zero-order chi connectivity index (χ0) is 19.4. The molecule has 26 heavy (non-hydrogen) atoms. The highest BCUT2D eigenvalue weighted by Crippen LogP contribution is 2.29. The van der Waals surface area contributed by atoms with Gasteiger partial charge in [-0.15, -0.1) is 0 Å². The van der Waals surface area contributed by atoms with Crippen LogP contribution in [0.15, 0.2) is 48.5 Å². The van der Waals surface area contributed by atoms with Gasteiger partial charge in [0.1, 0.15) is 5.75 Å². The molecule has 0 aliphatic carbocycles. The Kier molecular flexibility index (Phi) is 5.79. The van der Waals surface area contributed by atoms with E-state index in [0.717, 1.165) is 23.4 Å². The monoisotopic (exact) mass is 367 g/mol. The SMILES string of the molecule is CC(C)(Oc1cccc(NCCc2ccc(C(F)(F)F)cc2)c1)C(=O)O. The average Bonchev–Trinajstić information content (AvgIpc) is 2.54. The highest BCUT2D eigenvalue weighted by Gasteiger charge is 2.30. The summed E-state index contributed by atoms with van der Waals surface area (Å²) in [5, 5.41) is 12.2. The molecule has 0 aliphatic heterocycles. The van der Waals surface area contributed by atoms with E-state index in [-0.39, 0.29) is 0 Å². The second kappa shape index (κ2) is 7.68. The smallest absolute Gasteiger partial charge is 0.416 e. The van der Waals surface area contributed by atoms with Gasteiger partial charge in [0.05, 0.1) is 5.56 Å². The largest absolute Gasteiger partial charge is 0.478 e. The number of carboxylic acids is 1. The molecule has 0 aromatic heterocycles. The summed E-state index contributed by atoms with van der Waals surface area (Å²) in [5.74, 6) is -0.657. The summed E-state index contributed by atoms with van der Waals surface area (Å²) in [4.78, 5) is 11.1. The van der Waals surface area contributed by atoms with Crippen molar-refractivity contribution in [3.63, 3.8) is 0 Å². The molecule has 2 aromatic carbocycles. The van der Waals surface area contributed by atoms with Crippen molar-refractivity contribution >= 4 is 11.7 Å².